The minimum absolute atomic E-state index is 0.0872. The summed E-state index contributed by atoms with van der Waals surface area (Å²) in [4.78, 5) is 16.6. The highest BCUT2D eigenvalue weighted by Crippen LogP contribution is 2.25. The average Bonchev–Trinajstić information content (AvgIpc) is 2.74. The van der Waals surface area contributed by atoms with E-state index < -0.39 is 17.4 Å². The topological polar surface area (TPSA) is 60.5 Å². The zero-order chi connectivity index (χ0) is 20.6. The largest absolute Gasteiger partial charge is 0.488 e. The lowest BCUT2D eigenvalue weighted by molar-refractivity contribution is 0.0950. The van der Waals surface area contributed by atoms with Crippen LogP contribution in [-0.4, -0.2) is 31.2 Å². The maximum atomic E-state index is 14.6. The highest BCUT2D eigenvalue weighted by atomic mass is 19.1. The minimum Gasteiger partial charge on any atom is -0.488 e. The van der Waals surface area contributed by atoms with Gasteiger partial charge in [0.25, 0.3) is 5.91 Å². The Morgan fingerprint density at radius 2 is 1.93 bits per heavy atom. The Balaban J connectivity index is 1.64. The van der Waals surface area contributed by atoms with Crippen molar-refractivity contribution >= 4 is 16.8 Å². The van der Waals surface area contributed by atoms with E-state index in [0.29, 0.717) is 18.6 Å². The molecular weight excluding hydrogens is 378 g/mol. The summed E-state index contributed by atoms with van der Waals surface area (Å²) in [5, 5.41) is 3.49. The fourth-order valence-corrected chi connectivity index (χ4v) is 2.86. The van der Waals surface area contributed by atoms with Crippen molar-refractivity contribution in [2.75, 3.05) is 20.3 Å². The van der Waals surface area contributed by atoms with Gasteiger partial charge in [-0.05, 0) is 43.2 Å². The first-order chi connectivity index (χ1) is 14.1. The summed E-state index contributed by atoms with van der Waals surface area (Å²) in [6.07, 6.45) is 3.03. The molecular formula is C22H22F2N2O3. The normalized spacial score (nSPS) is 10.9. The molecule has 0 atom stereocenters. The molecule has 0 aliphatic rings. The number of fused-ring (bicyclic) bond motifs is 1. The number of ether oxygens (including phenoxy) is 2. The number of hydrogen-bond donors (Lipinski definition) is 1. The zero-order valence-electron chi connectivity index (χ0n) is 16.1. The third-order valence-electron chi connectivity index (χ3n) is 4.42. The minimum atomic E-state index is -0.806. The van der Waals surface area contributed by atoms with E-state index in [1.54, 1.807) is 37.6 Å². The summed E-state index contributed by atoms with van der Waals surface area (Å²) >= 11 is 0. The van der Waals surface area contributed by atoms with Crippen LogP contribution in [0.25, 0.3) is 10.9 Å². The molecule has 0 aliphatic carbocycles. The predicted molar refractivity (Wildman–Crippen MR) is 106 cm³/mol. The fourth-order valence-electron chi connectivity index (χ4n) is 2.86. The third-order valence-corrected chi connectivity index (χ3v) is 4.42. The number of carbonyl (C=O) groups is 1. The zero-order valence-corrected chi connectivity index (χ0v) is 16.1. The maximum Gasteiger partial charge on any atom is 0.251 e. The molecule has 1 aromatic heterocycles. The van der Waals surface area contributed by atoms with Gasteiger partial charge in [-0.15, -0.1) is 0 Å². The van der Waals surface area contributed by atoms with E-state index in [9.17, 15) is 13.6 Å². The highest BCUT2D eigenvalue weighted by molar-refractivity contribution is 5.97. The predicted octanol–water partition coefficient (Wildman–Crippen LogP) is 4.25. The number of hydrogen-bond acceptors (Lipinski definition) is 4. The molecule has 1 heterocycles. The number of nitrogens with zero attached hydrogens (tertiary/aromatic N) is 1. The van der Waals surface area contributed by atoms with Gasteiger partial charge in [0.05, 0.1) is 12.1 Å². The molecule has 0 bridgehead atoms. The molecule has 3 rings (SSSR count). The first kappa shape index (κ1) is 20.7. The molecule has 0 radical (unpaired) electrons. The number of aromatic nitrogens is 1. The van der Waals surface area contributed by atoms with Crippen molar-refractivity contribution in [3.8, 4) is 5.75 Å². The van der Waals surface area contributed by atoms with Crippen LogP contribution in [-0.2, 0) is 11.3 Å². The highest BCUT2D eigenvalue weighted by Gasteiger charge is 2.16. The van der Waals surface area contributed by atoms with Gasteiger partial charge in [0, 0.05) is 43.0 Å². The molecule has 2 aromatic carbocycles. The number of amides is 1. The molecule has 0 saturated heterocycles. The van der Waals surface area contributed by atoms with Gasteiger partial charge in [-0.3, -0.25) is 9.78 Å². The monoisotopic (exact) mass is 400 g/mol. The number of carbonyl (C=O) groups excluding carboxylic acids is 1. The summed E-state index contributed by atoms with van der Waals surface area (Å²) in [5.74, 6) is -2.36. The van der Waals surface area contributed by atoms with E-state index in [1.165, 1.54) is 6.07 Å². The van der Waals surface area contributed by atoms with Crippen molar-refractivity contribution in [1.82, 2.24) is 10.3 Å². The molecule has 5 nitrogen and oxygen atoms in total. The van der Waals surface area contributed by atoms with E-state index in [4.69, 9.17) is 9.47 Å². The molecule has 0 unspecified atom stereocenters. The molecule has 0 spiro atoms. The molecule has 1 N–H and O–H groups in total. The summed E-state index contributed by atoms with van der Waals surface area (Å²) in [7, 11) is 1.59. The summed E-state index contributed by atoms with van der Waals surface area (Å²) in [6, 6.07) is 11.2. The van der Waals surface area contributed by atoms with Gasteiger partial charge in [-0.1, -0.05) is 12.1 Å². The van der Waals surface area contributed by atoms with Gasteiger partial charge in [-0.2, -0.15) is 0 Å². The van der Waals surface area contributed by atoms with Crippen LogP contribution in [0, 0.1) is 11.6 Å². The second-order valence-electron chi connectivity index (χ2n) is 6.49. The molecule has 7 heteroatoms. The van der Waals surface area contributed by atoms with Crippen LogP contribution >= 0.6 is 0 Å². The van der Waals surface area contributed by atoms with Crippen LogP contribution in [0.15, 0.2) is 48.7 Å². The Morgan fingerprint density at radius 1 is 1.10 bits per heavy atom. The van der Waals surface area contributed by atoms with Gasteiger partial charge in [-0.25, -0.2) is 8.78 Å². The lowest BCUT2D eigenvalue weighted by Crippen LogP contribution is -2.23. The Kier molecular flexibility index (Phi) is 7.08. The van der Waals surface area contributed by atoms with Crippen molar-refractivity contribution in [2.24, 2.45) is 0 Å². The molecule has 0 aliphatic heterocycles. The molecule has 0 fully saturated rings. The van der Waals surface area contributed by atoms with Crippen LogP contribution in [0.3, 0.4) is 0 Å². The van der Waals surface area contributed by atoms with Crippen LogP contribution < -0.4 is 10.1 Å². The molecule has 1 amide bonds. The smallest absolute Gasteiger partial charge is 0.251 e. The van der Waals surface area contributed by atoms with Gasteiger partial charge < -0.3 is 14.8 Å². The SMILES string of the molecule is COCCCCOc1c(F)ccc(CNC(=O)c2ccc3ncccc3c2)c1F. The number of unbranched alkanes of at least 4 members (excludes halogenated alkanes) is 1. The van der Waals surface area contributed by atoms with Crippen molar-refractivity contribution in [1.29, 1.82) is 0 Å². The van der Waals surface area contributed by atoms with Crippen LogP contribution in [0.1, 0.15) is 28.8 Å². The first-order valence-corrected chi connectivity index (χ1v) is 9.31. The van der Waals surface area contributed by atoms with E-state index >= 15 is 0 Å². The molecule has 29 heavy (non-hydrogen) atoms. The Morgan fingerprint density at radius 3 is 2.76 bits per heavy atom. The van der Waals surface area contributed by atoms with Crippen LogP contribution in [0.2, 0.25) is 0 Å². The average molecular weight is 400 g/mol. The van der Waals surface area contributed by atoms with Crippen molar-refractivity contribution in [2.45, 2.75) is 19.4 Å². The summed E-state index contributed by atoms with van der Waals surface area (Å²) < 4.78 is 38.8. The van der Waals surface area contributed by atoms with Gasteiger partial charge >= 0.3 is 0 Å². The van der Waals surface area contributed by atoms with Gasteiger partial charge in [0.2, 0.25) is 0 Å². The molecule has 152 valence electrons. The molecule has 0 saturated carbocycles. The van der Waals surface area contributed by atoms with E-state index in [0.717, 1.165) is 23.4 Å². The second kappa shape index (κ2) is 9.93. The summed E-state index contributed by atoms with van der Waals surface area (Å²) in [5.41, 5.74) is 1.36. The van der Waals surface area contributed by atoms with E-state index in [1.807, 2.05) is 6.07 Å². The lowest BCUT2D eigenvalue weighted by Gasteiger charge is -2.12. The quantitative estimate of drug-likeness (QED) is 0.546. The number of benzene rings is 2. The van der Waals surface area contributed by atoms with E-state index in [2.05, 4.69) is 10.3 Å². The fraction of sp³-hybridized carbons (Fsp3) is 0.273. The van der Waals surface area contributed by atoms with Gasteiger partial charge in [0.1, 0.15) is 0 Å². The van der Waals surface area contributed by atoms with E-state index in [-0.39, 0.29) is 24.6 Å². The van der Waals surface area contributed by atoms with Crippen molar-refractivity contribution in [3.63, 3.8) is 0 Å². The number of nitrogens with one attached hydrogen (secondary N) is 1. The Hall–Kier alpha value is -3.06. The number of methoxy groups -OCH3 is 1. The lowest BCUT2D eigenvalue weighted by atomic mass is 10.1. The van der Waals surface area contributed by atoms with Crippen LogP contribution in [0.5, 0.6) is 5.75 Å². The van der Waals surface area contributed by atoms with Crippen molar-refractivity contribution < 1.29 is 23.0 Å². The Labute approximate surface area is 167 Å². The first-order valence-electron chi connectivity index (χ1n) is 9.31. The van der Waals surface area contributed by atoms with Gasteiger partial charge in [0.15, 0.2) is 17.4 Å². The third kappa shape index (κ3) is 5.26. The van der Waals surface area contributed by atoms with Crippen LogP contribution in [0.4, 0.5) is 8.78 Å². The number of halogens is 2. The number of pyridine rings is 1. The number of rotatable bonds is 9. The maximum absolute atomic E-state index is 14.6. The standard InChI is InChI=1S/C22H22F2N2O3/c1-28-11-2-3-12-29-21-18(23)8-6-17(20(21)24)14-26-22(27)16-7-9-19-15(13-16)5-4-10-25-19/h4-10,13H,2-3,11-12,14H2,1H3,(H,26,27). The Bertz CT molecular complexity index is 995. The van der Waals surface area contributed by atoms with Crippen molar-refractivity contribution in [3.05, 3.63) is 71.4 Å². The second-order valence-corrected chi connectivity index (χ2v) is 6.49. The summed E-state index contributed by atoms with van der Waals surface area (Å²) in [6.45, 7) is 0.652. The molecule has 3 aromatic rings.